The Balaban J connectivity index is 2.00. The molecular formula is C18H18BrNO. The molecule has 1 heterocycles. The Hall–Kier alpha value is -1.74. The summed E-state index contributed by atoms with van der Waals surface area (Å²) in [6.07, 6.45) is 3.06. The first kappa shape index (κ1) is 14.2. The number of aromatic hydroxyl groups is 1. The molecule has 1 N–H and O–H groups in total. The van der Waals surface area contributed by atoms with Gasteiger partial charge in [0.2, 0.25) is 0 Å². The number of nitrogens with zero attached hydrogens (tertiary/aromatic N) is 1. The van der Waals surface area contributed by atoms with Gasteiger partial charge < -0.3 is 9.67 Å². The molecule has 0 saturated heterocycles. The van der Waals surface area contributed by atoms with E-state index in [0.717, 1.165) is 27.2 Å². The first-order valence-electron chi connectivity index (χ1n) is 7.14. The summed E-state index contributed by atoms with van der Waals surface area (Å²) in [5, 5.41) is 12.5. The summed E-state index contributed by atoms with van der Waals surface area (Å²) in [5.74, 6) is 0.342. The maximum atomic E-state index is 10.5. The minimum Gasteiger partial charge on any atom is -0.494 e. The fourth-order valence-corrected chi connectivity index (χ4v) is 3.34. The van der Waals surface area contributed by atoms with Gasteiger partial charge in [-0.05, 0) is 42.2 Å². The highest BCUT2D eigenvalue weighted by molar-refractivity contribution is 9.10. The maximum Gasteiger partial charge on any atom is 0.199 e. The van der Waals surface area contributed by atoms with Crippen LogP contribution in [0.5, 0.6) is 5.88 Å². The van der Waals surface area contributed by atoms with Crippen LogP contribution in [0.25, 0.3) is 10.8 Å². The van der Waals surface area contributed by atoms with Gasteiger partial charge in [-0.2, -0.15) is 0 Å². The van der Waals surface area contributed by atoms with Gasteiger partial charge in [-0.1, -0.05) is 47.1 Å². The molecule has 0 amide bonds. The number of rotatable bonds is 3. The van der Waals surface area contributed by atoms with Crippen molar-refractivity contribution in [1.82, 2.24) is 4.57 Å². The number of aryl methyl sites for hydroxylation is 2. The van der Waals surface area contributed by atoms with E-state index in [4.69, 9.17) is 0 Å². The topological polar surface area (TPSA) is 25.2 Å². The molecule has 3 aromatic rings. The van der Waals surface area contributed by atoms with Crippen LogP contribution in [0.15, 0.2) is 47.1 Å². The van der Waals surface area contributed by atoms with Crippen LogP contribution in [-0.2, 0) is 13.0 Å². The molecule has 0 spiro atoms. The van der Waals surface area contributed by atoms with Gasteiger partial charge in [-0.25, -0.2) is 0 Å². The van der Waals surface area contributed by atoms with Crippen molar-refractivity contribution < 1.29 is 5.11 Å². The van der Waals surface area contributed by atoms with Gasteiger partial charge in [0, 0.05) is 21.4 Å². The van der Waals surface area contributed by atoms with Gasteiger partial charge in [0.1, 0.15) is 0 Å². The van der Waals surface area contributed by atoms with E-state index in [0.29, 0.717) is 12.4 Å². The van der Waals surface area contributed by atoms with Crippen molar-refractivity contribution in [3.05, 3.63) is 63.8 Å². The van der Waals surface area contributed by atoms with E-state index in [1.165, 1.54) is 11.1 Å². The highest BCUT2D eigenvalue weighted by Gasteiger charge is 2.11. The summed E-state index contributed by atoms with van der Waals surface area (Å²) < 4.78 is 2.95. The second-order valence-electron chi connectivity index (χ2n) is 5.44. The Morgan fingerprint density at radius 1 is 1.10 bits per heavy atom. The highest BCUT2D eigenvalue weighted by atomic mass is 79.9. The fraction of sp³-hybridized carbons (Fsp3) is 0.222. The molecule has 0 atom stereocenters. The molecule has 2 aromatic carbocycles. The maximum absolute atomic E-state index is 10.5. The minimum absolute atomic E-state index is 0.342. The molecule has 0 fully saturated rings. The number of benzene rings is 2. The Morgan fingerprint density at radius 2 is 1.76 bits per heavy atom. The summed E-state index contributed by atoms with van der Waals surface area (Å²) in [4.78, 5) is 0. The van der Waals surface area contributed by atoms with Crippen LogP contribution in [0.2, 0.25) is 0 Å². The Kier molecular flexibility index (Phi) is 3.77. The van der Waals surface area contributed by atoms with Crippen LogP contribution in [-0.4, -0.2) is 9.67 Å². The zero-order chi connectivity index (χ0) is 15.0. The second-order valence-corrected chi connectivity index (χ2v) is 6.35. The molecule has 0 saturated carbocycles. The third kappa shape index (κ3) is 2.70. The van der Waals surface area contributed by atoms with Gasteiger partial charge in [0.25, 0.3) is 0 Å². The van der Waals surface area contributed by atoms with Crippen LogP contribution in [0.1, 0.15) is 23.6 Å². The second kappa shape index (κ2) is 5.57. The molecule has 0 bridgehead atoms. The lowest BCUT2D eigenvalue weighted by Crippen LogP contribution is -1.97. The summed E-state index contributed by atoms with van der Waals surface area (Å²) >= 11 is 3.51. The van der Waals surface area contributed by atoms with Crippen molar-refractivity contribution in [3.8, 4) is 5.88 Å². The normalized spacial score (nSPS) is 11.2. The van der Waals surface area contributed by atoms with Crippen molar-refractivity contribution in [2.75, 3.05) is 0 Å². The van der Waals surface area contributed by atoms with Crippen LogP contribution >= 0.6 is 15.9 Å². The average Bonchev–Trinajstić information content (AvgIpc) is 2.76. The zero-order valence-corrected chi connectivity index (χ0v) is 13.8. The van der Waals surface area contributed by atoms with E-state index in [2.05, 4.69) is 47.1 Å². The number of hydrogen-bond donors (Lipinski definition) is 1. The Bertz CT molecular complexity index is 787. The predicted molar refractivity (Wildman–Crippen MR) is 91.0 cm³/mol. The quantitative estimate of drug-likeness (QED) is 0.708. The van der Waals surface area contributed by atoms with Crippen molar-refractivity contribution >= 4 is 26.7 Å². The summed E-state index contributed by atoms with van der Waals surface area (Å²) in [6, 6.07) is 12.6. The molecule has 2 nitrogen and oxygen atoms in total. The largest absolute Gasteiger partial charge is 0.494 e. The molecule has 0 aliphatic rings. The number of halogens is 1. The lowest BCUT2D eigenvalue weighted by Gasteiger charge is -2.06. The van der Waals surface area contributed by atoms with Crippen LogP contribution in [0.4, 0.5) is 0 Å². The lowest BCUT2D eigenvalue weighted by molar-refractivity contribution is 0.430. The van der Waals surface area contributed by atoms with Crippen LogP contribution in [0, 0.1) is 6.92 Å². The van der Waals surface area contributed by atoms with Crippen molar-refractivity contribution in [2.24, 2.45) is 0 Å². The van der Waals surface area contributed by atoms with Crippen molar-refractivity contribution in [2.45, 2.75) is 26.8 Å². The molecule has 3 heteroatoms. The molecular weight excluding hydrogens is 326 g/mol. The average molecular weight is 344 g/mol. The molecule has 21 heavy (non-hydrogen) atoms. The molecule has 0 aliphatic carbocycles. The number of fused-ring (bicyclic) bond motifs is 1. The predicted octanol–water partition coefficient (Wildman–Crippen LogP) is 5.03. The van der Waals surface area contributed by atoms with Gasteiger partial charge in [0.05, 0.1) is 6.54 Å². The summed E-state index contributed by atoms with van der Waals surface area (Å²) in [7, 11) is 0. The molecule has 108 valence electrons. The third-order valence-corrected chi connectivity index (χ3v) is 4.36. The van der Waals surface area contributed by atoms with Crippen molar-refractivity contribution in [3.63, 3.8) is 0 Å². The monoisotopic (exact) mass is 343 g/mol. The minimum atomic E-state index is 0.342. The Morgan fingerprint density at radius 3 is 2.43 bits per heavy atom. The molecule has 0 aliphatic heterocycles. The van der Waals surface area contributed by atoms with Gasteiger partial charge in [-0.15, -0.1) is 0 Å². The lowest BCUT2D eigenvalue weighted by atomic mass is 10.1. The molecule has 0 unspecified atom stereocenters. The van der Waals surface area contributed by atoms with Crippen LogP contribution < -0.4 is 0 Å². The first-order valence-corrected chi connectivity index (χ1v) is 7.93. The third-order valence-electron chi connectivity index (χ3n) is 3.91. The molecule has 1 aromatic heterocycles. The molecule has 0 radical (unpaired) electrons. The van der Waals surface area contributed by atoms with E-state index in [1.807, 2.05) is 29.8 Å². The van der Waals surface area contributed by atoms with Crippen molar-refractivity contribution in [1.29, 1.82) is 0 Å². The SMILES string of the molecule is CCc1ccc(Cn2cc3cc(Br)cc(C)c3c2O)cc1. The number of hydrogen-bond acceptors (Lipinski definition) is 1. The van der Waals surface area contributed by atoms with E-state index in [1.54, 1.807) is 0 Å². The van der Waals surface area contributed by atoms with Gasteiger partial charge >= 0.3 is 0 Å². The summed E-state index contributed by atoms with van der Waals surface area (Å²) in [6.45, 7) is 4.86. The molecule has 3 rings (SSSR count). The number of aromatic nitrogens is 1. The van der Waals surface area contributed by atoms with Gasteiger partial charge in [0.15, 0.2) is 5.88 Å². The van der Waals surface area contributed by atoms with Gasteiger partial charge in [-0.3, -0.25) is 0 Å². The van der Waals surface area contributed by atoms with E-state index in [9.17, 15) is 5.11 Å². The highest BCUT2D eigenvalue weighted by Crippen LogP contribution is 2.33. The zero-order valence-electron chi connectivity index (χ0n) is 12.2. The standard InChI is InChI=1S/C18H18BrNO/c1-3-13-4-6-14(7-5-13)10-20-11-15-9-16(19)8-12(2)17(15)18(20)21/h4-9,11,21H,3,10H2,1-2H3. The first-order chi connectivity index (χ1) is 10.1. The van der Waals surface area contributed by atoms with Crippen LogP contribution in [0.3, 0.4) is 0 Å². The smallest absolute Gasteiger partial charge is 0.199 e. The van der Waals surface area contributed by atoms with E-state index >= 15 is 0 Å². The summed E-state index contributed by atoms with van der Waals surface area (Å²) in [5.41, 5.74) is 3.61. The van der Waals surface area contributed by atoms with E-state index in [-0.39, 0.29) is 0 Å². The Labute approximate surface area is 133 Å². The fourth-order valence-electron chi connectivity index (χ4n) is 2.75. The van der Waals surface area contributed by atoms with E-state index < -0.39 is 0 Å².